The van der Waals surface area contributed by atoms with Gasteiger partial charge in [-0.1, -0.05) is 12.1 Å². The van der Waals surface area contributed by atoms with Crippen molar-refractivity contribution in [1.82, 2.24) is 4.98 Å². The Morgan fingerprint density at radius 1 is 1.24 bits per heavy atom. The molecule has 1 aromatic heterocycles. The quantitative estimate of drug-likeness (QED) is 0.908. The molecule has 1 aromatic carbocycles. The van der Waals surface area contributed by atoms with Crippen molar-refractivity contribution in [2.75, 3.05) is 17.3 Å². The third-order valence-corrected chi connectivity index (χ3v) is 2.95. The number of carbonyl (C=O) groups excluding carboxylic acids is 1. The van der Waals surface area contributed by atoms with Gasteiger partial charge in [-0.25, -0.2) is 14.6 Å². The van der Waals surface area contributed by atoms with E-state index in [0.29, 0.717) is 5.69 Å². The van der Waals surface area contributed by atoms with Crippen LogP contribution in [0.1, 0.15) is 16.1 Å². The summed E-state index contributed by atoms with van der Waals surface area (Å²) in [7, 11) is 1.61. The fraction of sp³-hybridized carbons (Fsp3) is 0.133. The van der Waals surface area contributed by atoms with Crippen LogP contribution in [0.3, 0.4) is 0 Å². The van der Waals surface area contributed by atoms with Crippen LogP contribution in [0.2, 0.25) is 0 Å². The summed E-state index contributed by atoms with van der Waals surface area (Å²) in [4.78, 5) is 28.4. The molecule has 0 bridgehead atoms. The van der Waals surface area contributed by atoms with E-state index in [1.807, 2.05) is 25.1 Å². The third-order valence-electron chi connectivity index (χ3n) is 2.95. The first-order chi connectivity index (χ1) is 9.99. The van der Waals surface area contributed by atoms with Crippen molar-refractivity contribution >= 4 is 23.4 Å². The van der Waals surface area contributed by atoms with Gasteiger partial charge in [-0.2, -0.15) is 0 Å². The van der Waals surface area contributed by atoms with Crippen molar-refractivity contribution < 1.29 is 14.7 Å². The number of urea groups is 1. The molecule has 1 heterocycles. The molecule has 6 heteroatoms. The van der Waals surface area contributed by atoms with E-state index in [-0.39, 0.29) is 11.4 Å². The number of anilines is 2. The summed E-state index contributed by atoms with van der Waals surface area (Å²) in [6, 6.07) is 10.1. The number of pyridine rings is 1. The van der Waals surface area contributed by atoms with Crippen molar-refractivity contribution in [3.63, 3.8) is 0 Å². The van der Waals surface area contributed by atoms with Gasteiger partial charge < -0.3 is 10.4 Å². The number of nitrogens with zero attached hydrogens (tertiary/aromatic N) is 2. The molecule has 0 radical (unpaired) electrons. The number of aromatic carboxylic acids is 1. The highest BCUT2D eigenvalue weighted by atomic mass is 16.4. The molecule has 0 aliphatic rings. The van der Waals surface area contributed by atoms with Gasteiger partial charge in [0.25, 0.3) is 0 Å². The smallest absolute Gasteiger partial charge is 0.356 e. The fourth-order valence-corrected chi connectivity index (χ4v) is 1.83. The minimum absolute atomic E-state index is 0.162. The van der Waals surface area contributed by atoms with Crippen molar-refractivity contribution in [3.8, 4) is 0 Å². The zero-order valence-electron chi connectivity index (χ0n) is 11.7. The molecule has 2 amide bonds. The van der Waals surface area contributed by atoms with Gasteiger partial charge in [0.1, 0.15) is 0 Å². The Kier molecular flexibility index (Phi) is 4.18. The second kappa shape index (κ2) is 6.04. The van der Waals surface area contributed by atoms with E-state index >= 15 is 0 Å². The number of aryl methyl sites for hydroxylation is 1. The van der Waals surface area contributed by atoms with Crippen LogP contribution in [0.25, 0.3) is 0 Å². The molecule has 2 rings (SSSR count). The monoisotopic (exact) mass is 285 g/mol. The molecule has 0 aliphatic heterocycles. The summed E-state index contributed by atoms with van der Waals surface area (Å²) in [5.41, 5.74) is 1.71. The lowest BCUT2D eigenvalue weighted by Crippen LogP contribution is -2.31. The Balaban J connectivity index is 2.20. The lowest BCUT2D eigenvalue weighted by atomic mass is 10.2. The second-order valence-electron chi connectivity index (χ2n) is 4.53. The highest BCUT2D eigenvalue weighted by Gasteiger charge is 2.16. The first-order valence-corrected chi connectivity index (χ1v) is 6.28. The number of carboxylic acids is 1. The average molecular weight is 285 g/mol. The predicted octanol–water partition coefficient (Wildman–Crippen LogP) is 2.76. The second-order valence-corrected chi connectivity index (χ2v) is 4.53. The van der Waals surface area contributed by atoms with E-state index in [1.165, 1.54) is 17.2 Å². The van der Waals surface area contributed by atoms with Crippen LogP contribution in [0.15, 0.2) is 42.6 Å². The molecule has 6 nitrogen and oxygen atoms in total. The number of amides is 2. The molecular formula is C15H15N3O3. The highest BCUT2D eigenvalue weighted by Crippen LogP contribution is 2.17. The van der Waals surface area contributed by atoms with Crippen LogP contribution in [0.5, 0.6) is 0 Å². The zero-order valence-corrected chi connectivity index (χ0v) is 11.7. The molecule has 0 unspecified atom stereocenters. The summed E-state index contributed by atoms with van der Waals surface area (Å²) < 4.78 is 0. The molecule has 2 N–H and O–H groups in total. The molecular weight excluding hydrogens is 270 g/mol. The normalized spacial score (nSPS) is 10.0. The predicted molar refractivity (Wildman–Crippen MR) is 79.8 cm³/mol. The van der Waals surface area contributed by atoms with Crippen molar-refractivity contribution in [3.05, 3.63) is 53.9 Å². The largest absolute Gasteiger partial charge is 0.476 e. The van der Waals surface area contributed by atoms with E-state index in [1.54, 1.807) is 19.2 Å². The number of rotatable bonds is 3. The van der Waals surface area contributed by atoms with Crippen molar-refractivity contribution in [2.45, 2.75) is 6.92 Å². The average Bonchev–Trinajstić information content (AvgIpc) is 2.46. The number of benzene rings is 1. The molecule has 2 aromatic rings. The summed E-state index contributed by atoms with van der Waals surface area (Å²) in [5.74, 6) is -1.19. The molecule has 0 spiro atoms. The standard InChI is InChI=1S/C15H15N3O3/c1-10-5-3-6-11(9-10)18(2)15(21)17-12-7-4-8-16-13(12)14(19)20/h3-9H,1-2H3,(H,17,21)(H,19,20). The summed E-state index contributed by atoms with van der Waals surface area (Å²) >= 11 is 0. The van der Waals surface area contributed by atoms with E-state index < -0.39 is 12.0 Å². The number of carbonyl (C=O) groups is 2. The Morgan fingerprint density at radius 3 is 2.67 bits per heavy atom. The van der Waals surface area contributed by atoms with Crippen LogP contribution in [0.4, 0.5) is 16.2 Å². The number of hydrogen-bond acceptors (Lipinski definition) is 3. The highest BCUT2D eigenvalue weighted by molar-refractivity contribution is 6.04. The minimum Gasteiger partial charge on any atom is -0.476 e. The van der Waals surface area contributed by atoms with Crippen molar-refractivity contribution in [2.24, 2.45) is 0 Å². The maximum atomic E-state index is 12.2. The first kappa shape index (κ1) is 14.5. The van der Waals surface area contributed by atoms with E-state index in [4.69, 9.17) is 5.11 Å². The van der Waals surface area contributed by atoms with Crippen molar-refractivity contribution in [1.29, 1.82) is 0 Å². The molecule has 0 aliphatic carbocycles. The van der Waals surface area contributed by atoms with E-state index in [0.717, 1.165) is 5.56 Å². The van der Waals surface area contributed by atoms with Crippen LogP contribution in [0, 0.1) is 6.92 Å². The van der Waals surface area contributed by atoms with Gasteiger partial charge in [0.15, 0.2) is 5.69 Å². The molecule has 21 heavy (non-hydrogen) atoms. The molecule has 108 valence electrons. The van der Waals surface area contributed by atoms with Gasteiger partial charge >= 0.3 is 12.0 Å². The Bertz CT molecular complexity index is 685. The van der Waals surface area contributed by atoms with Crippen LogP contribution in [-0.2, 0) is 0 Å². The van der Waals surface area contributed by atoms with Crippen LogP contribution >= 0.6 is 0 Å². The first-order valence-electron chi connectivity index (χ1n) is 6.28. The number of aromatic nitrogens is 1. The van der Waals surface area contributed by atoms with E-state index in [9.17, 15) is 9.59 Å². The minimum atomic E-state index is -1.19. The zero-order chi connectivity index (χ0) is 15.4. The van der Waals surface area contributed by atoms with Gasteiger partial charge in [0, 0.05) is 18.9 Å². The molecule has 0 saturated heterocycles. The van der Waals surface area contributed by atoms with Gasteiger partial charge in [0.2, 0.25) is 0 Å². The summed E-state index contributed by atoms with van der Waals surface area (Å²) in [6.07, 6.45) is 1.36. The number of carboxylic acid groups (broad SMARTS) is 1. The molecule has 0 atom stereocenters. The summed E-state index contributed by atoms with van der Waals surface area (Å²) in [5, 5.41) is 11.6. The fourth-order valence-electron chi connectivity index (χ4n) is 1.83. The topological polar surface area (TPSA) is 82.5 Å². The summed E-state index contributed by atoms with van der Waals surface area (Å²) in [6.45, 7) is 1.93. The Morgan fingerprint density at radius 2 is 2.00 bits per heavy atom. The number of nitrogens with one attached hydrogen (secondary N) is 1. The molecule has 0 saturated carbocycles. The Labute approximate surface area is 122 Å². The Hall–Kier alpha value is -2.89. The lowest BCUT2D eigenvalue weighted by molar-refractivity contribution is 0.0691. The maximum absolute atomic E-state index is 12.2. The van der Waals surface area contributed by atoms with Gasteiger partial charge in [-0.3, -0.25) is 4.90 Å². The lowest BCUT2D eigenvalue weighted by Gasteiger charge is -2.19. The number of hydrogen-bond donors (Lipinski definition) is 2. The SMILES string of the molecule is Cc1cccc(N(C)C(=O)Nc2cccnc2C(=O)O)c1. The van der Waals surface area contributed by atoms with Crippen LogP contribution in [-0.4, -0.2) is 29.1 Å². The van der Waals surface area contributed by atoms with Gasteiger partial charge in [-0.05, 0) is 36.8 Å². The van der Waals surface area contributed by atoms with Gasteiger partial charge in [0.05, 0.1) is 5.69 Å². The van der Waals surface area contributed by atoms with E-state index in [2.05, 4.69) is 10.3 Å². The van der Waals surface area contributed by atoms with Crippen LogP contribution < -0.4 is 10.2 Å². The molecule has 0 fully saturated rings. The van der Waals surface area contributed by atoms with Gasteiger partial charge in [-0.15, -0.1) is 0 Å². The maximum Gasteiger partial charge on any atom is 0.356 e. The third kappa shape index (κ3) is 3.36.